The number of anilines is 1. The maximum Gasteiger partial charge on any atom is 0.315 e. The molecule has 2 saturated heterocycles. The smallest absolute Gasteiger partial charge is 0.315 e. The summed E-state index contributed by atoms with van der Waals surface area (Å²) in [6.07, 6.45) is 3.15. The summed E-state index contributed by atoms with van der Waals surface area (Å²) in [5, 5.41) is 5.52. The molecule has 0 aliphatic carbocycles. The van der Waals surface area contributed by atoms with E-state index >= 15 is 0 Å². The summed E-state index contributed by atoms with van der Waals surface area (Å²) in [7, 11) is 0. The standard InChI is InChI=1S/C16H21N3O2/c1-2-13-14(18-16(21)17-13)15(20)11-6-5-7-12(10-11)19-8-3-4-9-19/h5-7,10,13-14H,2-4,8-9H2,1H3,(H2,17,18,21). The molecule has 5 heteroatoms. The van der Waals surface area contributed by atoms with E-state index in [0.29, 0.717) is 5.56 Å². The highest BCUT2D eigenvalue weighted by molar-refractivity contribution is 6.04. The van der Waals surface area contributed by atoms with Crippen LogP contribution in [0, 0.1) is 0 Å². The molecule has 21 heavy (non-hydrogen) atoms. The highest BCUT2D eigenvalue weighted by atomic mass is 16.2. The second kappa shape index (κ2) is 5.76. The largest absolute Gasteiger partial charge is 0.372 e. The fourth-order valence-corrected chi connectivity index (χ4v) is 3.13. The second-order valence-electron chi connectivity index (χ2n) is 5.72. The first-order chi connectivity index (χ1) is 10.2. The lowest BCUT2D eigenvalue weighted by Gasteiger charge is -2.20. The molecule has 0 bridgehead atoms. The van der Waals surface area contributed by atoms with Gasteiger partial charge in [-0.2, -0.15) is 0 Å². The van der Waals surface area contributed by atoms with Gasteiger partial charge in [0.05, 0.1) is 6.04 Å². The Morgan fingerprint density at radius 3 is 2.76 bits per heavy atom. The van der Waals surface area contributed by atoms with Crippen molar-refractivity contribution in [3.8, 4) is 0 Å². The first-order valence-electron chi connectivity index (χ1n) is 7.65. The van der Waals surface area contributed by atoms with Crippen LogP contribution >= 0.6 is 0 Å². The third-order valence-electron chi connectivity index (χ3n) is 4.33. The Bertz CT molecular complexity index is 552. The SMILES string of the molecule is CCC1NC(=O)NC1C(=O)c1cccc(N2CCCC2)c1. The molecule has 112 valence electrons. The molecule has 0 aromatic heterocycles. The predicted octanol–water partition coefficient (Wildman–Crippen LogP) is 1.93. The lowest BCUT2D eigenvalue weighted by atomic mass is 9.97. The van der Waals surface area contributed by atoms with Gasteiger partial charge in [-0.05, 0) is 31.4 Å². The molecule has 2 amide bonds. The minimum atomic E-state index is -0.462. The molecule has 2 heterocycles. The molecular formula is C16H21N3O2. The van der Waals surface area contributed by atoms with Gasteiger partial charge in [0.1, 0.15) is 6.04 Å². The molecule has 2 aliphatic heterocycles. The summed E-state index contributed by atoms with van der Waals surface area (Å²) in [5.74, 6) is -0.0127. The Morgan fingerprint density at radius 2 is 2.05 bits per heavy atom. The van der Waals surface area contributed by atoms with Crippen LogP contribution in [0.3, 0.4) is 0 Å². The molecule has 0 radical (unpaired) electrons. The van der Waals surface area contributed by atoms with E-state index in [4.69, 9.17) is 0 Å². The molecule has 3 rings (SSSR count). The number of urea groups is 1. The number of rotatable bonds is 4. The van der Waals surface area contributed by atoms with Crippen molar-refractivity contribution < 1.29 is 9.59 Å². The van der Waals surface area contributed by atoms with E-state index in [1.807, 2.05) is 31.2 Å². The second-order valence-corrected chi connectivity index (χ2v) is 5.72. The quantitative estimate of drug-likeness (QED) is 0.832. The van der Waals surface area contributed by atoms with E-state index in [1.54, 1.807) is 0 Å². The number of carbonyl (C=O) groups is 2. The van der Waals surface area contributed by atoms with Gasteiger partial charge >= 0.3 is 6.03 Å². The van der Waals surface area contributed by atoms with Crippen LogP contribution in [0.4, 0.5) is 10.5 Å². The van der Waals surface area contributed by atoms with Crippen LogP contribution in [-0.2, 0) is 0 Å². The summed E-state index contributed by atoms with van der Waals surface area (Å²) >= 11 is 0. The molecule has 2 atom stereocenters. The minimum Gasteiger partial charge on any atom is -0.372 e. The monoisotopic (exact) mass is 287 g/mol. The van der Waals surface area contributed by atoms with Gasteiger partial charge in [-0.1, -0.05) is 19.1 Å². The highest BCUT2D eigenvalue weighted by Crippen LogP contribution is 2.22. The summed E-state index contributed by atoms with van der Waals surface area (Å²) in [6, 6.07) is 6.91. The van der Waals surface area contributed by atoms with Crippen LogP contribution in [0.15, 0.2) is 24.3 Å². The first-order valence-corrected chi connectivity index (χ1v) is 7.65. The molecule has 1 aromatic carbocycles. The van der Waals surface area contributed by atoms with E-state index in [-0.39, 0.29) is 17.9 Å². The van der Waals surface area contributed by atoms with Crippen molar-refractivity contribution in [1.29, 1.82) is 0 Å². The number of hydrogen-bond donors (Lipinski definition) is 2. The van der Waals surface area contributed by atoms with Crippen molar-refractivity contribution in [2.45, 2.75) is 38.3 Å². The Morgan fingerprint density at radius 1 is 1.29 bits per heavy atom. The van der Waals surface area contributed by atoms with Crippen LogP contribution in [0.25, 0.3) is 0 Å². The van der Waals surface area contributed by atoms with Gasteiger partial charge in [0.15, 0.2) is 5.78 Å². The molecule has 0 spiro atoms. The van der Waals surface area contributed by atoms with Crippen molar-refractivity contribution in [3.05, 3.63) is 29.8 Å². The van der Waals surface area contributed by atoms with Crippen LogP contribution < -0.4 is 15.5 Å². The molecule has 2 unspecified atom stereocenters. The number of nitrogens with zero attached hydrogens (tertiary/aromatic N) is 1. The summed E-state index contributed by atoms with van der Waals surface area (Å²) in [6.45, 7) is 4.08. The van der Waals surface area contributed by atoms with Gasteiger partial charge in [0, 0.05) is 24.3 Å². The van der Waals surface area contributed by atoms with Crippen molar-refractivity contribution >= 4 is 17.5 Å². The molecule has 1 aromatic rings. The number of carbonyl (C=O) groups excluding carboxylic acids is 2. The predicted molar refractivity (Wildman–Crippen MR) is 81.8 cm³/mol. The number of ketones is 1. The molecular weight excluding hydrogens is 266 g/mol. The van der Waals surface area contributed by atoms with Crippen LogP contribution in [0.1, 0.15) is 36.5 Å². The number of hydrogen-bond acceptors (Lipinski definition) is 3. The molecule has 0 saturated carbocycles. The van der Waals surface area contributed by atoms with Gasteiger partial charge in [-0.15, -0.1) is 0 Å². The lowest BCUT2D eigenvalue weighted by molar-refractivity contribution is 0.0943. The average molecular weight is 287 g/mol. The maximum atomic E-state index is 12.7. The molecule has 2 N–H and O–H groups in total. The Hall–Kier alpha value is -2.04. The number of amides is 2. The van der Waals surface area contributed by atoms with Gasteiger partial charge in [0.2, 0.25) is 0 Å². The number of nitrogens with one attached hydrogen (secondary N) is 2. The van der Waals surface area contributed by atoms with E-state index in [2.05, 4.69) is 15.5 Å². The van der Waals surface area contributed by atoms with Crippen molar-refractivity contribution in [2.24, 2.45) is 0 Å². The van der Waals surface area contributed by atoms with Crippen molar-refractivity contribution in [1.82, 2.24) is 10.6 Å². The van der Waals surface area contributed by atoms with E-state index in [0.717, 1.165) is 25.2 Å². The first kappa shape index (κ1) is 13.9. The summed E-state index contributed by atoms with van der Waals surface area (Å²) < 4.78 is 0. The number of benzene rings is 1. The summed E-state index contributed by atoms with van der Waals surface area (Å²) in [5.41, 5.74) is 1.77. The van der Waals surface area contributed by atoms with Gasteiger partial charge in [-0.25, -0.2) is 4.79 Å². The zero-order valence-corrected chi connectivity index (χ0v) is 12.3. The van der Waals surface area contributed by atoms with Crippen molar-refractivity contribution in [2.75, 3.05) is 18.0 Å². The van der Waals surface area contributed by atoms with Crippen LogP contribution in [-0.4, -0.2) is 37.0 Å². The third kappa shape index (κ3) is 2.73. The zero-order valence-electron chi connectivity index (χ0n) is 12.3. The minimum absolute atomic E-state index is 0.0127. The molecule has 2 aliphatic rings. The van der Waals surface area contributed by atoms with E-state index in [1.165, 1.54) is 12.8 Å². The lowest BCUT2D eigenvalue weighted by Crippen LogP contribution is -2.40. The fraction of sp³-hybridized carbons (Fsp3) is 0.500. The topological polar surface area (TPSA) is 61.4 Å². The van der Waals surface area contributed by atoms with E-state index in [9.17, 15) is 9.59 Å². The van der Waals surface area contributed by atoms with E-state index < -0.39 is 6.04 Å². The maximum absolute atomic E-state index is 12.7. The highest BCUT2D eigenvalue weighted by Gasteiger charge is 2.36. The normalized spacial score (nSPS) is 24.8. The Labute approximate surface area is 124 Å². The fourth-order valence-electron chi connectivity index (χ4n) is 3.13. The van der Waals surface area contributed by atoms with Crippen LogP contribution in [0.2, 0.25) is 0 Å². The van der Waals surface area contributed by atoms with Gasteiger partial charge in [-0.3, -0.25) is 4.79 Å². The van der Waals surface area contributed by atoms with Crippen molar-refractivity contribution in [3.63, 3.8) is 0 Å². The van der Waals surface area contributed by atoms with Gasteiger partial charge in [0.25, 0.3) is 0 Å². The average Bonchev–Trinajstić information content (AvgIpc) is 3.15. The molecule has 5 nitrogen and oxygen atoms in total. The Balaban J connectivity index is 1.81. The zero-order chi connectivity index (χ0) is 14.8. The van der Waals surface area contributed by atoms with Gasteiger partial charge < -0.3 is 15.5 Å². The third-order valence-corrected chi connectivity index (χ3v) is 4.33. The summed E-state index contributed by atoms with van der Waals surface area (Å²) in [4.78, 5) is 26.4. The Kier molecular flexibility index (Phi) is 3.82. The molecule has 2 fully saturated rings. The van der Waals surface area contributed by atoms with Crippen LogP contribution in [0.5, 0.6) is 0 Å². The number of Topliss-reactive ketones (excluding diaryl/α,β-unsaturated/α-hetero) is 1.